The third-order valence-electron chi connectivity index (χ3n) is 3.20. The van der Waals surface area contributed by atoms with Crippen LogP contribution in [0, 0.1) is 0 Å². The molecule has 2 aromatic carbocycles. The number of allylic oxidation sites excluding steroid dienone is 1. The molecule has 0 aliphatic carbocycles. The van der Waals surface area contributed by atoms with Crippen molar-refractivity contribution < 1.29 is 9.59 Å². The number of nitrogens with zero attached hydrogens (tertiary/aromatic N) is 2. The Kier molecular flexibility index (Phi) is 5.33. The molecule has 0 unspecified atom stereocenters. The lowest BCUT2D eigenvalue weighted by Crippen LogP contribution is -1.83. The van der Waals surface area contributed by atoms with E-state index < -0.39 is 0 Å². The highest BCUT2D eigenvalue weighted by atomic mass is 16.1. The van der Waals surface area contributed by atoms with Gasteiger partial charge in [0.2, 0.25) is 12.2 Å². The Labute approximate surface area is 128 Å². The molecule has 0 saturated carbocycles. The molecule has 0 spiro atoms. The summed E-state index contributed by atoms with van der Waals surface area (Å²) in [6, 6.07) is 14.8. The second-order valence-corrected chi connectivity index (χ2v) is 4.57. The fraction of sp³-hybridized carbons (Fsp3) is 0.111. The van der Waals surface area contributed by atoms with Crippen LogP contribution >= 0.6 is 0 Å². The van der Waals surface area contributed by atoms with Crippen LogP contribution in [-0.2, 0) is 9.59 Å². The lowest BCUT2D eigenvalue weighted by Gasteiger charge is -2.06. The van der Waals surface area contributed by atoms with Gasteiger partial charge in [-0.1, -0.05) is 37.3 Å². The highest BCUT2D eigenvalue weighted by Gasteiger charge is 2.01. The van der Waals surface area contributed by atoms with Crippen LogP contribution in [0.3, 0.4) is 0 Å². The summed E-state index contributed by atoms with van der Waals surface area (Å²) in [5, 5.41) is 0. The van der Waals surface area contributed by atoms with Gasteiger partial charge in [-0.15, -0.1) is 0 Å². The summed E-state index contributed by atoms with van der Waals surface area (Å²) in [6.07, 6.45) is 5.99. The Hall–Kier alpha value is -3.06. The van der Waals surface area contributed by atoms with Crippen molar-refractivity contribution in [2.24, 2.45) is 9.98 Å². The van der Waals surface area contributed by atoms with Gasteiger partial charge in [0.25, 0.3) is 0 Å². The highest BCUT2D eigenvalue weighted by molar-refractivity contribution is 5.82. The quantitative estimate of drug-likeness (QED) is 0.460. The number of aliphatic imine (C=N–C) groups is 2. The van der Waals surface area contributed by atoms with Gasteiger partial charge >= 0.3 is 0 Å². The van der Waals surface area contributed by atoms with Crippen LogP contribution in [0.15, 0.2) is 58.5 Å². The van der Waals surface area contributed by atoms with Crippen molar-refractivity contribution >= 4 is 35.2 Å². The molecular formula is C18H14N2O2. The predicted molar refractivity (Wildman–Crippen MR) is 86.6 cm³/mol. The molecule has 4 heteroatoms. The smallest absolute Gasteiger partial charge is 0.211 e. The van der Waals surface area contributed by atoms with E-state index >= 15 is 0 Å². The Morgan fingerprint density at radius 1 is 0.909 bits per heavy atom. The van der Waals surface area contributed by atoms with E-state index in [1.807, 2.05) is 24.3 Å². The van der Waals surface area contributed by atoms with E-state index in [1.54, 1.807) is 24.3 Å². The topological polar surface area (TPSA) is 58.9 Å². The first kappa shape index (κ1) is 15.3. The molecule has 0 heterocycles. The summed E-state index contributed by atoms with van der Waals surface area (Å²) in [4.78, 5) is 27.6. The van der Waals surface area contributed by atoms with E-state index in [1.165, 1.54) is 12.2 Å². The Bertz CT molecular complexity index is 762. The van der Waals surface area contributed by atoms with Gasteiger partial charge in [0.15, 0.2) is 0 Å². The average molecular weight is 290 g/mol. The molecule has 2 aromatic rings. The zero-order valence-corrected chi connectivity index (χ0v) is 12.1. The number of hydrogen-bond acceptors (Lipinski definition) is 4. The second kappa shape index (κ2) is 7.65. The van der Waals surface area contributed by atoms with E-state index in [9.17, 15) is 9.59 Å². The van der Waals surface area contributed by atoms with Crippen molar-refractivity contribution in [1.82, 2.24) is 0 Å². The molecule has 4 nitrogen and oxygen atoms in total. The fourth-order valence-electron chi connectivity index (χ4n) is 2.09. The van der Waals surface area contributed by atoms with E-state index in [4.69, 9.17) is 0 Å². The molecule has 0 atom stereocenters. The van der Waals surface area contributed by atoms with Crippen molar-refractivity contribution in [3.8, 4) is 0 Å². The van der Waals surface area contributed by atoms with E-state index in [0.717, 1.165) is 23.1 Å². The van der Waals surface area contributed by atoms with Crippen LogP contribution in [0.25, 0.3) is 11.6 Å². The molecule has 0 radical (unpaired) electrons. The lowest BCUT2D eigenvalue weighted by molar-refractivity contribution is 0.564. The summed E-state index contributed by atoms with van der Waals surface area (Å²) in [7, 11) is 0. The highest BCUT2D eigenvalue weighted by Crippen LogP contribution is 2.24. The van der Waals surface area contributed by atoms with E-state index in [-0.39, 0.29) is 0 Å². The van der Waals surface area contributed by atoms with Crippen LogP contribution in [0.4, 0.5) is 11.4 Å². The van der Waals surface area contributed by atoms with Gasteiger partial charge in [-0.05, 0) is 47.4 Å². The zero-order valence-electron chi connectivity index (χ0n) is 12.1. The number of rotatable bonds is 5. The summed E-state index contributed by atoms with van der Waals surface area (Å²) >= 11 is 0. The van der Waals surface area contributed by atoms with Gasteiger partial charge in [0, 0.05) is 0 Å². The molecular weight excluding hydrogens is 276 g/mol. The van der Waals surface area contributed by atoms with Crippen LogP contribution in [-0.4, -0.2) is 12.2 Å². The monoisotopic (exact) mass is 290 g/mol. The summed E-state index contributed by atoms with van der Waals surface area (Å²) in [6.45, 7) is 2.08. The Morgan fingerprint density at radius 3 is 1.86 bits per heavy atom. The van der Waals surface area contributed by atoms with Crippen LogP contribution in [0.2, 0.25) is 0 Å². The van der Waals surface area contributed by atoms with Gasteiger partial charge in [-0.25, -0.2) is 9.59 Å². The lowest BCUT2D eigenvalue weighted by atomic mass is 10.0. The molecule has 108 valence electrons. The first-order chi connectivity index (χ1) is 10.8. The third-order valence-corrected chi connectivity index (χ3v) is 3.20. The van der Waals surface area contributed by atoms with E-state index in [0.29, 0.717) is 11.4 Å². The molecule has 0 fully saturated rings. The number of isocyanates is 2. The van der Waals surface area contributed by atoms with Gasteiger partial charge in [-0.3, -0.25) is 0 Å². The number of benzene rings is 2. The van der Waals surface area contributed by atoms with Crippen molar-refractivity contribution in [1.29, 1.82) is 0 Å². The normalized spacial score (nSPS) is 10.5. The maximum Gasteiger partial charge on any atom is 0.240 e. The third kappa shape index (κ3) is 3.97. The number of hydrogen-bond donors (Lipinski definition) is 0. The standard InChI is InChI=1S/C18H14N2O2/c1-2-15(16-5-9-18(10-6-16)20-13-22)11-14-3-7-17(8-4-14)19-12-21/h3-11H,2H2,1H3/b15-11+. The van der Waals surface area contributed by atoms with Crippen LogP contribution < -0.4 is 0 Å². The minimum atomic E-state index is 0.585. The minimum absolute atomic E-state index is 0.585. The molecule has 0 aliphatic heterocycles. The maximum atomic E-state index is 10.2. The van der Waals surface area contributed by atoms with Crippen molar-refractivity contribution in [2.45, 2.75) is 13.3 Å². The first-order valence-corrected chi connectivity index (χ1v) is 6.83. The molecule has 0 aromatic heterocycles. The summed E-state index contributed by atoms with van der Waals surface area (Å²) in [5.41, 5.74) is 4.43. The maximum absolute atomic E-state index is 10.2. The molecule has 22 heavy (non-hydrogen) atoms. The summed E-state index contributed by atoms with van der Waals surface area (Å²) < 4.78 is 0. The van der Waals surface area contributed by atoms with Gasteiger partial charge in [-0.2, -0.15) is 9.98 Å². The van der Waals surface area contributed by atoms with Crippen molar-refractivity contribution in [2.75, 3.05) is 0 Å². The van der Waals surface area contributed by atoms with Crippen molar-refractivity contribution in [3.05, 3.63) is 59.7 Å². The van der Waals surface area contributed by atoms with Gasteiger partial charge in [0.05, 0.1) is 11.4 Å². The first-order valence-electron chi connectivity index (χ1n) is 6.83. The van der Waals surface area contributed by atoms with E-state index in [2.05, 4.69) is 23.0 Å². The molecule has 0 amide bonds. The minimum Gasteiger partial charge on any atom is -0.211 e. The second-order valence-electron chi connectivity index (χ2n) is 4.57. The molecule has 0 N–H and O–H groups in total. The Balaban J connectivity index is 2.29. The SMILES string of the molecule is CC/C(=C\c1ccc(N=C=O)cc1)c1ccc(N=C=O)cc1. The van der Waals surface area contributed by atoms with Crippen LogP contribution in [0.5, 0.6) is 0 Å². The van der Waals surface area contributed by atoms with Crippen molar-refractivity contribution in [3.63, 3.8) is 0 Å². The largest absolute Gasteiger partial charge is 0.240 e. The van der Waals surface area contributed by atoms with Crippen LogP contribution in [0.1, 0.15) is 24.5 Å². The zero-order chi connectivity index (χ0) is 15.8. The molecule has 0 saturated heterocycles. The molecule has 0 aliphatic rings. The number of carbonyl (C=O) groups excluding carboxylic acids is 2. The van der Waals surface area contributed by atoms with Gasteiger partial charge < -0.3 is 0 Å². The average Bonchev–Trinajstić information content (AvgIpc) is 2.56. The van der Waals surface area contributed by atoms with Gasteiger partial charge in [0.1, 0.15) is 0 Å². The molecule has 0 bridgehead atoms. The summed E-state index contributed by atoms with van der Waals surface area (Å²) in [5.74, 6) is 0. The Morgan fingerprint density at radius 2 is 1.41 bits per heavy atom. The molecule has 2 rings (SSSR count). The fourth-order valence-corrected chi connectivity index (χ4v) is 2.09. The predicted octanol–water partition coefficient (Wildman–Crippen LogP) is 4.57.